The largest absolute Gasteiger partial charge is 0.374 e. The SMILES string of the molecule is CC(C)(C)OCC(=O)N1CCOC(CBr)C1. The van der Waals surface area contributed by atoms with E-state index in [9.17, 15) is 4.79 Å². The van der Waals surface area contributed by atoms with E-state index in [1.807, 2.05) is 20.8 Å². The van der Waals surface area contributed by atoms with Crippen LogP contribution in [0.4, 0.5) is 0 Å². The number of morpholine rings is 1. The Hall–Kier alpha value is -0.130. The summed E-state index contributed by atoms with van der Waals surface area (Å²) in [5, 5.41) is 0.761. The Morgan fingerprint density at radius 1 is 1.56 bits per heavy atom. The molecule has 0 N–H and O–H groups in total. The minimum atomic E-state index is -0.267. The van der Waals surface area contributed by atoms with E-state index in [1.54, 1.807) is 4.90 Å². The Morgan fingerprint density at radius 3 is 2.81 bits per heavy atom. The van der Waals surface area contributed by atoms with Crippen molar-refractivity contribution in [3.63, 3.8) is 0 Å². The van der Waals surface area contributed by atoms with Crippen LogP contribution in [-0.2, 0) is 14.3 Å². The molecule has 1 unspecified atom stereocenters. The van der Waals surface area contributed by atoms with Crippen LogP contribution in [0, 0.1) is 0 Å². The van der Waals surface area contributed by atoms with Crippen molar-refractivity contribution in [2.24, 2.45) is 0 Å². The summed E-state index contributed by atoms with van der Waals surface area (Å²) in [5.41, 5.74) is -0.267. The van der Waals surface area contributed by atoms with E-state index in [1.165, 1.54) is 0 Å². The second-order valence-electron chi connectivity index (χ2n) is 4.89. The number of nitrogens with zero attached hydrogens (tertiary/aromatic N) is 1. The van der Waals surface area contributed by atoms with Gasteiger partial charge in [0.15, 0.2) is 0 Å². The molecule has 0 aromatic rings. The molecule has 1 amide bonds. The first-order valence-corrected chi connectivity index (χ1v) is 6.64. The monoisotopic (exact) mass is 293 g/mol. The highest BCUT2D eigenvalue weighted by atomic mass is 79.9. The molecule has 1 heterocycles. The van der Waals surface area contributed by atoms with Gasteiger partial charge in [-0.25, -0.2) is 0 Å². The van der Waals surface area contributed by atoms with Gasteiger partial charge in [0.25, 0.3) is 0 Å². The summed E-state index contributed by atoms with van der Waals surface area (Å²) in [7, 11) is 0. The van der Waals surface area contributed by atoms with E-state index < -0.39 is 0 Å². The lowest BCUT2D eigenvalue weighted by Crippen LogP contribution is -2.48. The second kappa shape index (κ2) is 5.98. The molecule has 0 aromatic carbocycles. The Balaban J connectivity index is 2.36. The highest BCUT2D eigenvalue weighted by Crippen LogP contribution is 2.10. The van der Waals surface area contributed by atoms with Gasteiger partial charge in [0.2, 0.25) is 5.91 Å². The number of ether oxygens (including phenoxy) is 2. The van der Waals surface area contributed by atoms with Crippen LogP contribution in [0.3, 0.4) is 0 Å². The van der Waals surface area contributed by atoms with Gasteiger partial charge in [-0.2, -0.15) is 0 Å². The third-order valence-corrected chi connectivity index (χ3v) is 3.01. The molecule has 0 aliphatic carbocycles. The molecule has 1 fully saturated rings. The summed E-state index contributed by atoms with van der Waals surface area (Å²) in [5.74, 6) is 0.0455. The topological polar surface area (TPSA) is 38.8 Å². The van der Waals surface area contributed by atoms with Crippen molar-refractivity contribution in [2.45, 2.75) is 32.5 Å². The van der Waals surface area contributed by atoms with Crippen molar-refractivity contribution in [1.82, 2.24) is 4.90 Å². The number of hydrogen-bond donors (Lipinski definition) is 0. The normalized spacial score (nSPS) is 22.2. The van der Waals surface area contributed by atoms with Gasteiger partial charge >= 0.3 is 0 Å². The molecule has 1 saturated heterocycles. The van der Waals surface area contributed by atoms with E-state index in [-0.39, 0.29) is 24.2 Å². The molecule has 0 bridgehead atoms. The maximum absolute atomic E-state index is 11.8. The molecule has 1 atom stereocenters. The summed E-state index contributed by atoms with van der Waals surface area (Å²) in [4.78, 5) is 13.6. The molecule has 5 heteroatoms. The van der Waals surface area contributed by atoms with Crippen LogP contribution in [-0.4, -0.2) is 54.1 Å². The number of rotatable bonds is 3. The van der Waals surface area contributed by atoms with Crippen LogP contribution in [0.5, 0.6) is 0 Å². The standard InChI is InChI=1S/C11H20BrNO3/c1-11(2,3)16-8-10(14)13-4-5-15-9(6-12)7-13/h9H,4-8H2,1-3H3. The molecule has 0 radical (unpaired) electrons. The molecule has 1 aliphatic heterocycles. The number of hydrogen-bond acceptors (Lipinski definition) is 3. The molecule has 1 rings (SSSR count). The van der Waals surface area contributed by atoms with E-state index in [4.69, 9.17) is 9.47 Å². The average molecular weight is 294 g/mol. The molecule has 0 spiro atoms. The Morgan fingerprint density at radius 2 is 2.25 bits per heavy atom. The van der Waals surface area contributed by atoms with Crippen molar-refractivity contribution < 1.29 is 14.3 Å². The summed E-state index contributed by atoms with van der Waals surface area (Å²) in [6, 6.07) is 0. The number of amides is 1. The smallest absolute Gasteiger partial charge is 0.248 e. The fraction of sp³-hybridized carbons (Fsp3) is 0.909. The van der Waals surface area contributed by atoms with E-state index in [0.717, 1.165) is 5.33 Å². The maximum Gasteiger partial charge on any atom is 0.248 e. The highest BCUT2D eigenvalue weighted by molar-refractivity contribution is 9.09. The van der Waals surface area contributed by atoms with Crippen LogP contribution >= 0.6 is 15.9 Å². The first-order chi connectivity index (χ1) is 7.42. The molecule has 0 saturated carbocycles. The van der Waals surface area contributed by atoms with E-state index >= 15 is 0 Å². The Labute approximate surface area is 105 Å². The van der Waals surface area contributed by atoms with Crippen molar-refractivity contribution in [3.05, 3.63) is 0 Å². The average Bonchev–Trinajstić information content (AvgIpc) is 2.25. The predicted octanol–water partition coefficient (Wildman–Crippen LogP) is 1.42. The number of alkyl halides is 1. The van der Waals surface area contributed by atoms with Crippen molar-refractivity contribution in [3.8, 4) is 0 Å². The lowest BCUT2D eigenvalue weighted by molar-refractivity contribution is -0.147. The van der Waals surface area contributed by atoms with Crippen LogP contribution in [0.2, 0.25) is 0 Å². The minimum absolute atomic E-state index is 0.0455. The van der Waals surface area contributed by atoms with Gasteiger partial charge in [0.1, 0.15) is 6.61 Å². The third kappa shape index (κ3) is 4.80. The summed E-state index contributed by atoms with van der Waals surface area (Å²) in [6.07, 6.45) is 0.104. The van der Waals surface area contributed by atoms with Gasteiger partial charge < -0.3 is 14.4 Å². The van der Waals surface area contributed by atoms with Gasteiger partial charge in [0.05, 0.1) is 18.3 Å². The van der Waals surface area contributed by atoms with Gasteiger partial charge in [-0.1, -0.05) is 15.9 Å². The third-order valence-electron chi connectivity index (χ3n) is 2.29. The van der Waals surface area contributed by atoms with Crippen LogP contribution in [0.15, 0.2) is 0 Å². The molecular formula is C11H20BrNO3. The number of carbonyl (C=O) groups is 1. The van der Waals surface area contributed by atoms with Gasteiger partial charge in [0, 0.05) is 18.4 Å². The lowest BCUT2D eigenvalue weighted by atomic mass is 10.2. The Bertz CT molecular complexity index is 240. The fourth-order valence-corrected chi connectivity index (χ4v) is 1.80. The van der Waals surface area contributed by atoms with Crippen LogP contribution in [0.25, 0.3) is 0 Å². The fourth-order valence-electron chi connectivity index (χ4n) is 1.41. The zero-order valence-corrected chi connectivity index (χ0v) is 11.7. The van der Waals surface area contributed by atoms with Gasteiger partial charge in [-0.15, -0.1) is 0 Å². The zero-order chi connectivity index (χ0) is 12.2. The van der Waals surface area contributed by atoms with Crippen molar-refractivity contribution in [1.29, 1.82) is 0 Å². The number of carbonyl (C=O) groups excluding carboxylic acids is 1. The van der Waals surface area contributed by atoms with Gasteiger partial charge in [-0.05, 0) is 20.8 Å². The summed E-state index contributed by atoms with van der Waals surface area (Å²) >= 11 is 3.36. The number of halogens is 1. The first-order valence-electron chi connectivity index (χ1n) is 5.51. The highest BCUT2D eigenvalue weighted by Gasteiger charge is 2.24. The van der Waals surface area contributed by atoms with Gasteiger partial charge in [-0.3, -0.25) is 4.79 Å². The molecule has 0 aromatic heterocycles. The molecule has 4 nitrogen and oxygen atoms in total. The van der Waals surface area contributed by atoms with Crippen molar-refractivity contribution >= 4 is 21.8 Å². The molecule has 16 heavy (non-hydrogen) atoms. The van der Waals surface area contributed by atoms with Crippen molar-refractivity contribution in [2.75, 3.05) is 31.6 Å². The predicted molar refractivity (Wildman–Crippen MR) is 65.8 cm³/mol. The molecular weight excluding hydrogens is 274 g/mol. The minimum Gasteiger partial charge on any atom is -0.374 e. The molecule has 94 valence electrons. The van der Waals surface area contributed by atoms with E-state index in [2.05, 4.69) is 15.9 Å². The summed E-state index contributed by atoms with van der Waals surface area (Å²) in [6.45, 7) is 7.91. The summed E-state index contributed by atoms with van der Waals surface area (Å²) < 4.78 is 10.9. The quantitative estimate of drug-likeness (QED) is 0.739. The van der Waals surface area contributed by atoms with Crippen LogP contribution in [0.1, 0.15) is 20.8 Å². The zero-order valence-electron chi connectivity index (χ0n) is 10.2. The van der Waals surface area contributed by atoms with E-state index in [0.29, 0.717) is 19.7 Å². The maximum atomic E-state index is 11.8. The molecule has 1 aliphatic rings. The van der Waals surface area contributed by atoms with Crippen LogP contribution < -0.4 is 0 Å². The second-order valence-corrected chi connectivity index (χ2v) is 5.54. The Kier molecular flexibility index (Phi) is 5.21. The lowest BCUT2D eigenvalue weighted by Gasteiger charge is -2.32. The first kappa shape index (κ1) is 13.9.